The van der Waals surface area contributed by atoms with Crippen LogP contribution in [-0.4, -0.2) is 46.7 Å². The minimum Gasteiger partial charge on any atom is -0.493 e. The lowest BCUT2D eigenvalue weighted by Crippen LogP contribution is -2.39. The molecular formula is C22H22Cl2N4O3. The molecule has 9 heteroatoms. The van der Waals surface area contributed by atoms with Crippen molar-refractivity contribution >= 4 is 40.7 Å². The number of hydrogen-bond donors (Lipinski definition) is 1. The molecule has 0 radical (unpaired) electrons. The molecule has 31 heavy (non-hydrogen) atoms. The van der Waals surface area contributed by atoms with Gasteiger partial charge in [-0.05, 0) is 36.8 Å². The van der Waals surface area contributed by atoms with Crippen LogP contribution in [0.15, 0.2) is 54.7 Å². The molecule has 3 aromatic rings. The van der Waals surface area contributed by atoms with Crippen LogP contribution in [0.2, 0.25) is 10.0 Å². The van der Waals surface area contributed by atoms with Crippen LogP contribution in [-0.2, 0) is 4.79 Å². The van der Waals surface area contributed by atoms with Crippen LogP contribution in [0.4, 0.5) is 5.69 Å². The van der Waals surface area contributed by atoms with Gasteiger partial charge in [-0.2, -0.15) is 5.10 Å². The molecule has 0 unspecified atom stereocenters. The fourth-order valence-corrected chi connectivity index (χ4v) is 3.45. The van der Waals surface area contributed by atoms with Gasteiger partial charge < -0.3 is 15.0 Å². The van der Waals surface area contributed by atoms with Gasteiger partial charge in [-0.25, -0.2) is 4.68 Å². The van der Waals surface area contributed by atoms with Crippen LogP contribution in [0.3, 0.4) is 0 Å². The number of anilines is 1. The number of ether oxygens (including phenoxy) is 1. The van der Waals surface area contributed by atoms with E-state index in [0.717, 1.165) is 5.69 Å². The number of benzene rings is 2. The molecule has 0 spiro atoms. The standard InChI is InChI=1S/C22H22Cl2N4O3/c1-3-11-27(14-20(29)25-18-10-9-15(23)12-17(18)24)22(30)21-19(31-2)13-28(26-21)16-7-5-4-6-8-16/h4-10,12-13H,3,11,14H2,1-2H3,(H,25,29). The van der Waals surface area contributed by atoms with Crippen LogP contribution in [0, 0.1) is 0 Å². The fraction of sp³-hybridized carbons (Fsp3) is 0.227. The largest absolute Gasteiger partial charge is 0.493 e. The van der Waals surface area contributed by atoms with Gasteiger partial charge in [0.15, 0.2) is 11.4 Å². The predicted octanol–water partition coefficient (Wildman–Crippen LogP) is 4.68. The summed E-state index contributed by atoms with van der Waals surface area (Å²) in [6, 6.07) is 14.2. The van der Waals surface area contributed by atoms with Crippen LogP contribution < -0.4 is 10.1 Å². The predicted molar refractivity (Wildman–Crippen MR) is 121 cm³/mol. The maximum absolute atomic E-state index is 13.2. The summed E-state index contributed by atoms with van der Waals surface area (Å²) in [5.74, 6) is -0.450. The highest BCUT2D eigenvalue weighted by Gasteiger charge is 2.25. The molecule has 1 heterocycles. The smallest absolute Gasteiger partial charge is 0.278 e. The number of hydrogen-bond acceptors (Lipinski definition) is 4. The third-order valence-corrected chi connectivity index (χ3v) is 4.99. The van der Waals surface area contributed by atoms with Gasteiger partial charge in [-0.3, -0.25) is 9.59 Å². The second kappa shape index (κ2) is 10.3. The van der Waals surface area contributed by atoms with E-state index in [4.69, 9.17) is 27.9 Å². The molecule has 3 rings (SSSR count). The van der Waals surface area contributed by atoms with Crippen molar-refractivity contribution in [3.05, 3.63) is 70.5 Å². The Morgan fingerprint density at radius 3 is 2.55 bits per heavy atom. The number of nitrogens with one attached hydrogen (secondary N) is 1. The SMILES string of the molecule is CCCN(CC(=O)Nc1ccc(Cl)cc1Cl)C(=O)c1nn(-c2ccccc2)cc1OC. The lowest BCUT2D eigenvalue weighted by Gasteiger charge is -2.21. The summed E-state index contributed by atoms with van der Waals surface area (Å²) in [4.78, 5) is 27.2. The second-order valence-electron chi connectivity index (χ2n) is 6.73. The second-order valence-corrected chi connectivity index (χ2v) is 7.57. The van der Waals surface area contributed by atoms with E-state index in [9.17, 15) is 9.59 Å². The summed E-state index contributed by atoms with van der Waals surface area (Å²) >= 11 is 12.0. The van der Waals surface area contributed by atoms with Crippen molar-refractivity contribution in [1.82, 2.24) is 14.7 Å². The molecule has 162 valence electrons. The third-order valence-electron chi connectivity index (χ3n) is 4.44. The summed E-state index contributed by atoms with van der Waals surface area (Å²) in [7, 11) is 1.47. The average Bonchev–Trinajstić information content (AvgIpc) is 3.20. The van der Waals surface area contributed by atoms with Crippen molar-refractivity contribution in [3.63, 3.8) is 0 Å². The molecule has 0 fully saturated rings. The number of nitrogens with zero attached hydrogens (tertiary/aromatic N) is 3. The lowest BCUT2D eigenvalue weighted by molar-refractivity contribution is -0.116. The highest BCUT2D eigenvalue weighted by molar-refractivity contribution is 6.36. The molecule has 0 atom stereocenters. The zero-order chi connectivity index (χ0) is 22.4. The van der Waals surface area contributed by atoms with Crippen LogP contribution in [0.5, 0.6) is 5.75 Å². The van der Waals surface area contributed by atoms with Crippen molar-refractivity contribution in [2.45, 2.75) is 13.3 Å². The highest BCUT2D eigenvalue weighted by atomic mass is 35.5. The van der Waals surface area contributed by atoms with E-state index in [2.05, 4.69) is 10.4 Å². The Bertz CT molecular complexity index is 1070. The number of methoxy groups -OCH3 is 1. The zero-order valence-corrected chi connectivity index (χ0v) is 18.7. The van der Waals surface area contributed by atoms with Crippen LogP contribution >= 0.6 is 23.2 Å². The van der Waals surface area contributed by atoms with Crippen molar-refractivity contribution in [2.75, 3.05) is 25.5 Å². The molecule has 2 aromatic carbocycles. The number of para-hydroxylation sites is 1. The fourth-order valence-electron chi connectivity index (χ4n) is 2.99. The first kappa shape index (κ1) is 22.7. The summed E-state index contributed by atoms with van der Waals surface area (Å²) in [6.45, 7) is 2.14. The minimum absolute atomic E-state index is 0.136. The molecule has 0 aliphatic heterocycles. The topological polar surface area (TPSA) is 76.5 Å². The van der Waals surface area contributed by atoms with E-state index >= 15 is 0 Å². The van der Waals surface area contributed by atoms with Gasteiger partial charge in [-0.1, -0.05) is 48.3 Å². The lowest BCUT2D eigenvalue weighted by atomic mass is 10.3. The number of halogens is 2. The zero-order valence-electron chi connectivity index (χ0n) is 17.1. The first-order valence-corrected chi connectivity index (χ1v) is 10.4. The number of carbonyl (C=O) groups excluding carboxylic acids is 2. The summed E-state index contributed by atoms with van der Waals surface area (Å²) in [5, 5.41) is 7.90. The number of rotatable bonds is 8. The van der Waals surface area contributed by atoms with Gasteiger partial charge in [0, 0.05) is 11.6 Å². The quantitative estimate of drug-likeness (QED) is 0.529. The molecule has 0 aliphatic carbocycles. The Hall–Kier alpha value is -3.03. The Labute approximate surface area is 190 Å². The van der Waals surface area contributed by atoms with E-state index in [1.54, 1.807) is 23.0 Å². The molecule has 0 saturated heterocycles. The highest BCUT2D eigenvalue weighted by Crippen LogP contribution is 2.25. The maximum atomic E-state index is 13.2. The molecule has 0 bridgehead atoms. The maximum Gasteiger partial charge on any atom is 0.278 e. The van der Waals surface area contributed by atoms with Crippen molar-refractivity contribution in [3.8, 4) is 11.4 Å². The van der Waals surface area contributed by atoms with Gasteiger partial charge >= 0.3 is 0 Å². The van der Waals surface area contributed by atoms with E-state index < -0.39 is 5.91 Å². The van der Waals surface area contributed by atoms with Gasteiger partial charge in [0.05, 0.1) is 29.7 Å². The van der Waals surface area contributed by atoms with E-state index in [1.807, 2.05) is 37.3 Å². The summed E-state index contributed by atoms with van der Waals surface area (Å²) < 4.78 is 6.94. The molecule has 0 aliphatic rings. The van der Waals surface area contributed by atoms with Crippen LogP contribution in [0.25, 0.3) is 5.69 Å². The van der Waals surface area contributed by atoms with E-state index in [-0.39, 0.29) is 18.1 Å². The molecule has 1 N–H and O–H groups in total. The first-order chi connectivity index (χ1) is 14.9. The third kappa shape index (κ3) is 5.57. The monoisotopic (exact) mass is 460 g/mol. The molecular weight excluding hydrogens is 439 g/mol. The number of aromatic nitrogens is 2. The molecule has 0 saturated carbocycles. The summed E-state index contributed by atoms with van der Waals surface area (Å²) in [6.07, 6.45) is 2.31. The number of amides is 2. The first-order valence-electron chi connectivity index (χ1n) is 9.66. The normalized spacial score (nSPS) is 10.6. The molecule has 1 aromatic heterocycles. The van der Waals surface area contributed by atoms with Gasteiger partial charge in [0.2, 0.25) is 5.91 Å². The van der Waals surface area contributed by atoms with Gasteiger partial charge in [-0.15, -0.1) is 0 Å². The van der Waals surface area contributed by atoms with Crippen LogP contribution in [0.1, 0.15) is 23.8 Å². The van der Waals surface area contributed by atoms with Gasteiger partial charge in [0.25, 0.3) is 5.91 Å². The minimum atomic E-state index is -0.397. The average molecular weight is 461 g/mol. The van der Waals surface area contributed by atoms with Gasteiger partial charge in [0.1, 0.15) is 6.54 Å². The van der Waals surface area contributed by atoms with Crippen molar-refractivity contribution < 1.29 is 14.3 Å². The Balaban J connectivity index is 1.80. The van der Waals surface area contributed by atoms with Crippen molar-refractivity contribution in [1.29, 1.82) is 0 Å². The Morgan fingerprint density at radius 2 is 1.90 bits per heavy atom. The Kier molecular flexibility index (Phi) is 7.55. The van der Waals surface area contributed by atoms with Crippen molar-refractivity contribution in [2.24, 2.45) is 0 Å². The Morgan fingerprint density at radius 1 is 1.16 bits per heavy atom. The number of carbonyl (C=O) groups is 2. The van der Waals surface area contributed by atoms with E-state index in [1.165, 1.54) is 18.1 Å². The van der Waals surface area contributed by atoms with E-state index in [0.29, 0.717) is 34.4 Å². The summed E-state index contributed by atoms with van der Waals surface area (Å²) in [5.41, 5.74) is 1.35. The molecule has 2 amide bonds. The molecule has 7 nitrogen and oxygen atoms in total.